The number of amidine groups is 1. The lowest BCUT2D eigenvalue weighted by atomic mass is 10.1. The van der Waals surface area contributed by atoms with E-state index in [9.17, 15) is 4.79 Å². The number of hydrogen-bond donors (Lipinski definition) is 11. The number of nitrogens with one attached hydrogen (secondary N) is 8. The number of tetrazole rings is 1. The number of H-pyrrole nitrogens is 5. The van der Waals surface area contributed by atoms with Gasteiger partial charge in [-0.15, -0.1) is 15.3 Å². The average molecular weight is 1340 g/mol. The molecule has 0 aliphatic carbocycles. The lowest BCUT2D eigenvalue weighted by Gasteiger charge is -2.08. The largest absolute Gasteiger partial charge is 0.382 e. The van der Waals surface area contributed by atoms with E-state index in [2.05, 4.69) is 195 Å². The van der Waals surface area contributed by atoms with Gasteiger partial charge in [-0.2, -0.15) is 35.8 Å². The van der Waals surface area contributed by atoms with Crippen LogP contribution in [0.2, 0.25) is 0 Å². The van der Waals surface area contributed by atoms with E-state index in [0.29, 0.717) is 24.1 Å². The van der Waals surface area contributed by atoms with E-state index in [0.717, 1.165) is 96.2 Å². The van der Waals surface area contributed by atoms with E-state index in [1.807, 2.05) is 97.5 Å². The Labute approximate surface area is 572 Å². The first-order valence-electron chi connectivity index (χ1n) is 31.0. The molecular formula is C67H94N30O. The first-order valence-corrected chi connectivity index (χ1v) is 31.0. The normalized spacial score (nSPS) is 10.7. The SMILES string of the molecule is Cc1ccc(=O)[nH]n1.Cc1ccc(N)nn1.Cc1ccccc1CNC1=NCCC1.Cc1ccccc1CNC1=NCCN1.Cc1cccnn1.Cc1ccnnc1.Cc1cnc(N)[nH]1.Cc1cnc[nH]1.Cc1ncc[nH]1.Cc1ncncc1CN.Cc1nn[nH]n1.Cn1ccnc1. The number of nitrogen functional groups attached to an aromatic ring is 2. The van der Waals surface area contributed by atoms with E-state index < -0.39 is 0 Å². The van der Waals surface area contributed by atoms with Crippen molar-refractivity contribution in [1.29, 1.82) is 0 Å². The van der Waals surface area contributed by atoms with Gasteiger partial charge in [-0.1, -0.05) is 53.7 Å². The highest BCUT2D eigenvalue weighted by Gasteiger charge is 2.06. The number of aliphatic imine (C=N–C) groups is 2. The Morgan fingerprint density at radius 1 is 0.592 bits per heavy atom. The van der Waals surface area contributed by atoms with Gasteiger partial charge in [-0.3, -0.25) is 14.8 Å². The lowest BCUT2D eigenvalue weighted by molar-refractivity contribution is 0.861. The molecule has 2 aromatic carbocycles. The predicted molar refractivity (Wildman–Crippen MR) is 383 cm³/mol. The third-order valence-electron chi connectivity index (χ3n) is 12.4. The van der Waals surface area contributed by atoms with Gasteiger partial charge in [0.15, 0.2) is 17.7 Å². The fraction of sp³-hybridized carbons (Fsp3) is 0.299. The molecule has 0 amide bonds. The molecule has 0 fully saturated rings. The summed E-state index contributed by atoms with van der Waals surface area (Å²) in [4.78, 5) is 50.5. The summed E-state index contributed by atoms with van der Waals surface area (Å²) in [6.45, 7) is 26.4. The minimum atomic E-state index is -0.157. The van der Waals surface area contributed by atoms with Gasteiger partial charge in [-0.25, -0.2) is 35.0 Å². The Bertz CT molecular complexity index is 3700. The molecule has 31 nitrogen and oxygen atoms in total. The van der Waals surface area contributed by atoms with Gasteiger partial charge >= 0.3 is 0 Å². The Balaban J connectivity index is 0.000000282. The van der Waals surface area contributed by atoms with Crippen molar-refractivity contribution in [3.8, 4) is 0 Å². The molecule has 0 radical (unpaired) electrons. The topological polar surface area (TPSA) is 446 Å². The Morgan fingerprint density at radius 2 is 1.33 bits per heavy atom. The van der Waals surface area contributed by atoms with Crippen LogP contribution in [0.4, 0.5) is 11.8 Å². The molecular weight excluding hydrogens is 1240 g/mol. The van der Waals surface area contributed by atoms with Gasteiger partial charge in [0.2, 0.25) is 0 Å². The van der Waals surface area contributed by atoms with Crippen LogP contribution in [0.5, 0.6) is 0 Å². The van der Waals surface area contributed by atoms with Crippen molar-refractivity contribution in [2.45, 2.75) is 109 Å². The summed E-state index contributed by atoms with van der Waals surface area (Å²) < 4.78 is 1.89. The summed E-state index contributed by atoms with van der Waals surface area (Å²) in [6.07, 6.45) is 24.7. The molecule has 518 valence electrons. The molecule has 12 heterocycles. The number of rotatable bonds is 5. The molecule has 12 aromatic rings. The van der Waals surface area contributed by atoms with E-state index in [4.69, 9.17) is 17.2 Å². The maximum atomic E-state index is 10.3. The minimum Gasteiger partial charge on any atom is -0.382 e. The van der Waals surface area contributed by atoms with E-state index >= 15 is 0 Å². The fourth-order valence-electron chi connectivity index (χ4n) is 7.01. The number of aryl methyl sites for hydroxylation is 12. The second kappa shape index (κ2) is 49.4. The van der Waals surface area contributed by atoms with Gasteiger partial charge in [0.1, 0.15) is 18.0 Å². The first-order chi connectivity index (χ1) is 47.3. The summed E-state index contributed by atoms with van der Waals surface area (Å²) in [7, 11) is 1.94. The van der Waals surface area contributed by atoms with Crippen molar-refractivity contribution >= 4 is 23.6 Å². The highest BCUT2D eigenvalue weighted by molar-refractivity contribution is 5.83. The molecule has 0 atom stereocenters. The second-order valence-corrected chi connectivity index (χ2v) is 21.0. The standard InChI is InChI=1S/C12H16N2.C11H15N3.C6H9N3.C5H7N3.C5H6N2O.2C5H6N2.C4H7N3.3C4H6N2.C2H4N4/c1-10-5-2-3-6-11(10)9-14-12-7-4-8-13-12;1-9-4-2-3-5-10(9)8-14-11-12-6-7-13-11;1-5-6(2-7)3-8-4-9-5;1-4-2-3-5(6)8-7-4;1-4-2-3-5(8)7-6-4;1-5-2-3-6-7-4-5;1-5-3-2-4-6-7-5;1-3-2-6-4(5)7-3;1-4-2-5-3-6-4;1-6-3-2-5-4-6;1-4-5-2-3-6-4;1-2-3-5-6-4-2/h2-3,5-6H,4,7-9H2,1H3,(H,13,14);2-5H,6-8H2,1H3,(H2,12,13,14);3-4H,2,7H2,1H3;2-3H,1H3,(H2,6,8);2-3H,1H3,(H,7,8);2*2-4H,1H3;2H,1H3,(H3,5,6,7);2-3H,1H3,(H,5,6);2-4H,1H3;2-3H,1H3,(H,5,6);1H3,(H,3,4,5,6). The molecule has 31 heteroatoms. The Morgan fingerprint density at radius 3 is 1.67 bits per heavy atom. The van der Waals surface area contributed by atoms with Crippen molar-refractivity contribution in [2.24, 2.45) is 22.8 Å². The maximum Gasteiger partial charge on any atom is 0.264 e. The number of aromatic amines is 5. The molecule has 2 aliphatic rings. The van der Waals surface area contributed by atoms with E-state index in [-0.39, 0.29) is 5.56 Å². The van der Waals surface area contributed by atoms with Crippen LogP contribution >= 0.6 is 0 Å². The third-order valence-corrected chi connectivity index (χ3v) is 12.4. The third kappa shape index (κ3) is 40.1. The van der Waals surface area contributed by atoms with Crippen molar-refractivity contribution < 1.29 is 0 Å². The van der Waals surface area contributed by atoms with Crippen molar-refractivity contribution in [3.63, 3.8) is 0 Å². The summed E-state index contributed by atoms with van der Waals surface area (Å²) >= 11 is 0. The van der Waals surface area contributed by atoms with Crippen LogP contribution in [-0.2, 0) is 26.7 Å². The van der Waals surface area contributed by atoms with Gasteiger partial charge in [-0.05, 0) is 147 Å². The summed E-state index contributed by atoms with van der Waals surface area (Å²) in [5.41, 5.74) is 28.9. The molecule has 0 saturated heterocycles. The zero-order valence-electron chi connectivity index (χ0n) is 58.0. The Hall–Kier alpha value is -12.2. The molecule has 0 spiro atoms. The van der Waals surface area contributed by atoms with Crippen molar-refractivity contribution in [2.75, 3.05) is 31.1 Å². The quantitative estimate of drug-likeness (QED) is 0.0808. The summed E-state index contributed by atoms with van der Waals surface area (Å²) in [5, 5.41) is 50.4. The average Bonchev–Trinajstić information content (AvgIpc) is 1.89. The molecule has 98 heavy (non-hydrogen) atoms. The number of imidazole rings is 4. The van der Waals surface area contributed by atoms with Gasteiger partial charge in [0, 0.05) is 131 Å². The van der Waals surface area contributed by atoms with Gasteiger partial charge < -0.3 is 52.7 Å². The van der Waals surface area contributed by atoms with E-state index in [1.54, 1.807) is 87.5 Å². The highest BCUT2D eigenvalue weighted by atomic mass is 16.1. The highest BCUT2D eigenvalue weighted by Crippen LogP contribution is 2.09. The summed E-state index contributed by atoms with van der Waals surface area (Å²) in [5.74, 6) is 4.69. The van der Waals surface area contributed by atoms with E-state index in [1.165, 1.54) is 46.9 Å². The number of nitrogens with two attached hydrogens (primary N) is 3. The number of hydrogen-bond acceptors (Lipinski definition) is 25. The molecule has 14 rings (SSSR count). The zero-order chi connectivity index (χ0) is 71.4. The van der Waals surface area contributed by atoms with Crippen molar-refractivity contribution in [1.82, 2.24) is 127 Å². The molecule has 0 bridgehead atoms. The minimum absolute atomic E-state index is 0.157. The number of anilines is 2. The monoisotopic (exact) mass is 1330 g/mol. The second-order valence-electron chi connectivity index (χ2n) is 21.0. The molecule has 2 aliphatic heterocycles. The van der Waals surface area contributed by atoms with Gasteiger partial charge in [0.25, 0.3) is 5.56 Å². The Kier molecular flexibility index (Phi) is 40.4. The predicted octanol–water partition coefficient (Wildman–Crippen LogP) is 7.24. The number of benzene rings is 2. The molecule has 0 unspecified atom stereocenters. The number of guanidine groups is 1. The van der Waals surface area contributed by atoms with Crippen LogP contribution in [0.1, 0.15) is 92.0 Å². The fourth-order valence-corrected chi connectivity index (χ4v) is 7.01. The van der Waals surface area contributed by atoms with Crippen molar-refractivity contribution in [3.05, 3.63) is 261 Å². The molecule has 0 saturated carbocycles. The maximum absolute atomic E-state index is 10.3. The summed E-state index contributed by atoms with van der Waals surface area (Å²) in [6, 6.07) is 29.2. The smallest absolute Gasteiger partial charge is 0.264 e. The van der Waals surface area contributed by atoms with Gasteiger partial charge in [0.05, 0.1) is 48.3 Å². The van der Waals surface area contributed by atoms with Crippen LogP contribution < -0.4 is 38.7 Å². The number of nitrogens with zero attached hydrogens (tertiary/aromatic N) is 19. The van der Waals surface area contributed by atoms with Crippen LogP contribution in [0, 0.1) is 76.2 Å². The van der Waals surface area contributed by atoms with Crippen LogP contribution in [0.15, 0.2) is 187 Å². The number of aromatic nitrogens is 22. The molecule has 10 aromatic heterocycles. The van der Waals surface area contributed by atoms with Crippen LogP contribution in [0.25, 0.3) is 0 Å². The first kappa shape index (κ1) is 80.1. The van der Waals surface area contributed by atoms with Crippen LogP contribution in [0.3, 0.4) is 0 Å². The lowest BCUT2D eigenvalue weighted by Crippen LogP contribution is -2.33. The van der Waals surface area contributed by atoms with Crippen LogP contribution in [-0.4, -0.2) is 142 Å². The molecule has 14 N–H and O–H groups in total. The zero-order valence-corrected chi connectivity index (χ0v) is 58.0.